The number of halogens is 2. The van der Waals surface area contributed by atoms with Gasteiger partial charge in [-0.15, -0.1) is 0 Å². The van der Waals surface area contributed by atoms with Crippen molar-refractivity contribution in [3.63, 3.8) is 0 Å². The molecule has 0 radical (unpaired) electrons. The van der Waals surface area contributed by atoms with Crippen molar-refractivity contribution < 1.29 is 13.9 Å². The number of hydrogen-bond acceptors (Lipinski definition) is 2. The van der Waals surface area contributed by atoms with E-state index in [2.05, 4.69) is 0 Å². The van der Waals surface area contributed by atoms with Crippen molar-refractivity contribution in [1.82, 2.24) is 4.57 Å². The molecule has 3 rings (SSSR count). The maximum absolute atomic E-state index is 13.0. The van der Waals surface area contributed by atoms with Gasteiger partial charge in [0.1, 0.15) is 11.6 Å². The number of carbonyl (C=O) groups excluding carboxylic acids is 1. The number of benzene rings is 2. The van der Waals surface area contributed by atoms with Crippen molar-refractivity contribution in [2.75, 3.05) is 7.11 Å². The Labute approximate surface area is 131 Å². The Balaban J connectivity index is 2.18. The molecule has 0 amide bonds. The molecular weight excluding hydrogens is 305 g/mol. The second kappa shape index (κ2) is 5.46. The Bertz CT molecular complexity index is 868. The summed E-state index contributed by atoms with van der Waals surface area (Å²) in [6, 6.07) is 10.8. The molecule has 0 atom stereocenters. The smallest absolute Gasteiger partial charge is 0.262 e. The van der Waals surface area contributed by atoms with Crippen LogP contribution in [0.15, 0.2) is 42.5 Å². The van der Waals surface area contributed by atoms with Gasteiger partial charge in [-0.05, 0) is 49.4 Å². The van der Waals surface area contributed by atoms with Crippen LogP contribution in [-0.2, 0) is 0 Å². The number of rotatable bonds is 2. The van der Waals surface area contributed by atoms with E-state index in [0.717, 1.165) is 11.1 Å². The summed E-state index contributed by atoms with van der Waals surface area (Å²) in [5.74, 6) is -0.0484. The first kappa shape index (κ1) is 14.6. The van der Waals surface area contributed by atoms with Crippen LogP contribution in [-0.4, -0.2) is 17.6 Å². The van der Waals surface area contributed by atoms with Gasteiger partial charge in [0.25, 0.3) is 5.91 Å². The molecule has 0 aliphatic rings. The van der Waals surface area contributed by atoms with Crippen molar-refractivity contribution >= 4 is 28.4 Å². The molecule has 0 aliphatic heterocycles. The van der Waals surface area contributed by atoms with Gasteiger partial charge in [0.05, 0.1) is 17.6 Å². The summed E-state index contributed by atoms with van der Waals surface area (Å²) in [4.78, 5) is 12.7. The fourth-order valence-corrected chi connectivity index (χ4v) is 2.73. The molecule has 1 aromatic heterocycles. The van der Waals surface area contributed by atoms with Gasteiger partial charge >= 0.3 is 0 Å². The molecule has 1 heterocycles. The highest BCUT2D eigenvalue weighted by Gasteiger charge is 2.16. The molecule has 0 saturated heterocycles. The summed E-state index contributed by atoms with van der Waals surface area (Å²) in [7, 11) is 1.54. The number of methoxy groups -OCH3 is 1. The van der Waals surface area contributed by atoms with Crippen LogP contribution >= 0.6 is 11.6 Å². The Morgan fingerprint density at radius 3 is 2.50 bits per heavy atom. The highest BCUT2D eigenvalue weighted by molar-refractivity contribution is 6.33. The summed E-state index contributed by atoms with van der Waals surface area (Å²) in [6.07, 6.45) is 0. The van der Waals surface area contributed by atoms with Crippen LogP contribution in [0.3, 0.4) is 0 Å². The molecule has 5 heteroatoms. The second-order valence-electron chi connectivity index (χ2n) is 4.98. The van der Waals surface area contributed by atoms with Crippen LogP contribution in [0.5, 0.6) is 5.75 Å². The molecule has 22 heavy (non-hydrogen) atoms. The number of hydrogen-bond donors (Lipinski definition) is 0. The van der Waals surface area contributed by atoms with Crippen molar-refractivity contribution in [3.8, 4) is 5.75 Å². The zero-order valence-electron chi connectivity index (χ0n) is 12.1. The van der Waals surface area contributed by atoms with E-state index in [1.165, 1.54) is 24.3 Å². The average Bonchev–Trinajstić information content (AvgIpc) is 2.81. The predicted octanol–water partition coefficient (Wildman–Crippen LogP) is 4.44. The van der Waals surface area contributed by atoms with Crippen LogP contribution in [0.4, 0.5) is 4.39 Å². The van der Waals surface area contributed by atoms with Gasteiger partial charge in [0, 0.05) is 16.6 Å². The molecule has 0 fully saturated rings. The summed E-state index contributed by atoms with van der Waals surface area (Å²) in [5.41, 5.74) is 1.88. The van der Waals surface area contributed by atoms with E-state index < -0.39 is 0 Å². The molecule has 3 nitrogen and oxygen atoms in total. The van der Waals surface area contributed by atoms with Crippen molar-refractivity contribution in [2.24, 2.45) is 0 Å². The maximum Gasteiger partial charge on any atom is 0.262 e. The van der Waals surface area contributed by atoms with E-state index in [4.69, 9.17) is 16.3 Å². The molecule has 2 aromatic carbocycles. The first-order valence-corrected chi connectivity index (χ1v) is 7.05. The number of aryl methyl sites for hydroxylation is 1. The lowest BCUT2D eigenvalue weighted by molar-refractivity contribution is 0.0963. The molecule has 0 spiro atoms. The Morgan fingerprint density at radius 1 is 1.18 bits per heavy atom. The highest BCUT2D eigenvalue weighted by Crippen LogP contribution is 2.32. The summed E-state index contributed by atoms with van der Waals surface area (Å²) >= 11 is 6.16. The van der Waals surface area contributed by atoms with Crippen LogP contribution in [0.2, 0.25) is 5.02 Å². The van der Waals surface area contributed by atoms with E-state index in [1.54, 1.807) is 23.8 Å². The molecule has 0 saturated carbocycles. The normalized spacial score (nSPS) is 10.9. The SMILES string of the molecule is COc1cc2cc(C)n(C(=O)c3ccc(F)cc3)c2cc1Cl. The monoisotopic (exact) mass is 317 g/mol. The van der Waals surface area contributed by atoms with Gasteiger partial charge < -0.3 is 4.74 Å². The summed E-state index contributed by atoms with van der Waals surface area (Å²) < 4.78 is 19.8. The average molecular weight is 318 g/mol. The van der Waals surface area contributed by atoms with Gasteiger partial charge in [0.2, 0.25) is 0 Å². The minimum atomic E-state index is -0.376. The Hall–Kier alpha value is -2.33. The van der Waals surface area contributed by atoms with Gasteiger partial charge in [-0.1, -0.05) is 11.6 Å². The lowest BCUT2D eigenvalue weighted by atomic mass is 10.2. The Kier molecular flexibility index (Phi) is 3.62. The van der Waals surface area contributed by atoms with E-state index in [1.807, 2.05) is 13.0 Å². The standard InChI is InChI=1S/C17H13ClFNO2/c1-10-7-12-8-16(22-2)14(18)9-15(12)20(10)17(21)11-3-5-13(19)6-4-11/h3-9H,1-2H3. The molecule has 0 bridgehead atoms. The van der Waals surface area contributed by atoms with Crippen LogP contribution in [0.1, 0.15) is 16.1 Å². The third-order valence-electron chi connectivity index (χ3n) is 3.55. The third-order valence-corrected chi connectivity index (χ3v) is 3.85. The molecular formula is C17H13ClFNO2. The predicted molar refractivity (Wildman–Crippen MR) is 84.4 cm³/mol. The minimum Gasteiger partial charge on any atom is -0.495 e. The van der Waals surface area contributed by atoms with Crippen LogP contribution in [0, 0.1) is 12.7 Å². The van der Waals surface area contributed by atoms with Gasteiger partial charge in [-0.3, -0.25) is 9.36 Å². The fourth-order valence-electron chi connectivity index (χ4n) is 2.50. The van der Waals surface area contributed by atoms with E-state index >= 15 is 0 Å². The molecule has 3 aromatic rings. The second-order valence-corrected chi connectivity index (χ2v) is 5.39. The van der Waals surface area contributed by atoms with Crippen molar-refractivity contribution in [1.29, 1.82) is 0 Å². The lowest BCUT2D eigenvalue weighted by Gasteiger charge is -2.08. The number of fused-ring (bicyclic) bond motifs is 1. The molecule has 0 N–H and O–H groups in total. The number of ether oxygens (including phenoxy) is 1. The minimum absolute atomic E-state index is 0.228. The van der Waals surface area contributed by atoms with Crippen LogP contribution < -0.4 is 4.74 Å². The molecule has 112 valence electrons. The van der Waals surface area contributed by atoms with Gasteiger partial charge in [-0.25, -0.2) is 4.39 Å². The number of aromatic nitrogens is 1. The zero-order valence-corrected chi connectivity index (χ0v) is 12.8. The van der Waals surface area contributed by atoms with Crippen LogP contribution in [0.25, 0.3) is 10.9 Å². The van der Waals surface area contributed by atoms with E-state index in [-0.39, 0.29) is 11.7 Å². The number of nitrogens with zero attached hydrogens (tertiary/aromatic N) is 1. The lowest BCUT2D eigenvalue weighted by Crippen LogP contribution is -2.13. The van der Waals surface area contributed by atoms with E-state index in [9.17, 15) is 9.18 Å². The summed E-state index contributed by atoms with van der Waals surface area (Å²) in [6.45, 7) is 1.84. The fraction of sp³-hybridized carbons (Fsp3) is 0.118. The first-order valence-electron chi connectivity index (χ1n) is 6.67. The first-order chi connectivity index (χ1) is 10.5. The maximum atomic E-state index is 13.0. The van der Waals surface area contributed by atoms with Gasteiger partial charge in [-0.2, -0.15) is 0 Å². The molecule has 0 aliphatic carbocycles. The topological polar surface area (TPSA) is 31.2 Å². The quantitative estimate of drug-likeness (QED) is 0.699. The van der Waals surface area contributed by atoms with Gasteiger partial charge in [0.15, 0.2) is 0 Å². The van der Waals surface area contributed by atoms with Crippen molar-refractivity contribution in [2.45, 2.75) is 6.92 Å². The third kappa shape index (κ3) is 2.35. The highest BCUT2D eigenvalue weighted by atomic mass is 35.5. The zero-order chi connectivity index (χ0) is 15.9. The number of carbonyl (C=O) groups is 1. The largest absolute Gasteiger partial charge is 0.495 e. The van der Waals surface area contributed by atoms with Crippen molar-refractivity contribution in [3.05, 3.63) is 64.6 Å². The van der Waals surface area contributed by atoms with E-state index in [0.29, 0.717) is 21.9 Å². The Morgan fingerprint density at radius 2 is 1.86 bits per heavy atom. The molecule has 0 unspecified atom stereocenters. The summed E-state index contributed by atoms with van der Waals surface area (Å²) in [5, 5.41) is 1.29.